The van der Waals surface area contributed by atoms with Gasteiger partial charge in [-0.1, -0.05) is 47.0 Å². The number of halogens is 1. The lowest BCUT2D eigenvalue weighted by molar-refractivity contribution is -0.142. The van der Waals surface area contributed by atoms with Gasteiger partial charge in [-0.15, -0.1) is 0 Å². The Hall–Kier alpha value is -2.28. The highest BCUT2D eigenvalue weighted by molar-refractivity contribution is 9.09. The quantitative estimate of drug-likeness (QED) is 0.128. The van der Waals surface area contributed by atoms with Crippen LogP contribution in [0.4, 0.5) is 0 Å². The average molecular weight is 646 g/mol. The number of aliphatic hydroxyl groups is 1. The number of esters is 1. The van der Waals surface area contributed by atoms with Crippen LogP contribution in [0.25, 0.3) is 0 Å². The van der Waals surface area contributed by atoms with E-state index in [-0.39, 0.29) is 30.9 Å². The van der Waals surface area contributed by atoms with Crippen molar-refractivity contribution in [3.05, 3.63) is 62.9 Å². The first-order chi connectivity index (χ1) is 19.1. The molecule has 2 aromatic rings. The van der Waals surface area contributed by atoms with Gasteiger partial charge in [-0.3, -0.25) is 23.2 Å². The van der Waals surface area contributed by atoms with E-state index in [9.17, 15) is 24.1 Å². The number of rotatable bonds is 15. The van der Waals surface area contributed by atoms with Crippen molar-refractivity contribution in [2.24, 2.45) is 0 Å². The van der Waals surface area contributed by atoms with E-state index < -0.39 is 43.9 Å². The summed E-state index contributed by atoms with van der Waals surface area (Å²) in [4.78, 5) is 37.8. The van der Waals surface area contributed by atoms with Crippen LogP contribution in [-0.2, 0) is 29.9 Å². The number of aryl methyl sites for hydroxylation is 1. The molecule has 1 aliphatic heterocycles. The summed E-state index contributed by atoms with van der Waals surface area (Å²) in [6.07, 6.45) is 2.15. The Labute approximate surface area is 241 Å². The minimum atomic E-state index is -4.15. The lowest BCUT2D eigenvalue weighted by Gasteiger charge is -2.24. The van der Waals surface area contributed by atoms with Gasteiger partial charge < -0.3 is 19.1 Å². The second-order valence-corrected chi connectivity index (χ2v) is 12.1. The minimum absolute atomic E-state index is 0.0483. The summed E-state index contributed by atoms with van der Waals surface area (Å²) in [5.74, 6) is -0.441. The molecule has 0 spiro atoms. The third-order valence-corrected chi connectivity index (χ3v) is 8.64. The van der Waals surface area contributed by atoms with Crippen LogP contribution in [-0.4, -0.2) is 57.5 Å². The van der Waals surface area contributed by atoms with E-state index in [1.165, 1.54) is 29.4 Å². The number of hydrogen-bond donors (Lipinski definition) is 2. The fraction of sp³-hybridized carbons (Fsp3) is 0.577. The van der Waals surface area contributed by atoms with E-state index in [1.54, 1.807) is 37.3 Å². The van der Waals surface area contributed by atoms with Gasteiger partial charge in [-0.05, 0) is 38.8 Å². The molecule has 2 heterocycles. The lowest BCUT2D eigenvalue weighted by Crippen LogP contribution is -2.42. The molecule has 1 saturated heterocycles. The average Bonchev–Trinajstić information content (AvgIpc) is 3.31. The molecule has 1 aromatic carbocycles. The normalized spacial score (nSPS) is 21.1. The van der Waals surface area contributed by atoms with Crippen molar-refractivity contribution in [3.63, 3.8) is 0 Å². The summed E-state index contributed by atoms with van der Waals surface area (Å²) in [5, 5.41) is 14.2. The first kappa shape index (κ1) is 32.2. The van der Waals surface area contributed by atoms with E-state index in [1.807, 2.05) is 0 Å². The summed E-state index contributed by atoms with van der Waals surface area (Å²) in [6.45, 7) is 2.98. The number of hydrogen-bond acceptors (Lipinski definition) is 9. The van der Waals surface area contributed by atoms with Gasteiger partial charge in [0.1, 0.15) is 24.1 Å². The Kier molecular flexibility index (Phi) is 12.2. The molecular weight excluding hydrogens is 609 g/mol. The van der Waals surface area contributed by atoms with Gasteiger partial charge in [0.05, 0.1) is 19.8 Å². The molecule has 1 aliphatic rings. The molecule has 222 valence electrons. The van der Waals surface area contributed by atoms with Crippen LogP contribution in [0.15, 0.2) is 46.1 Å². The number of alkyl halides is 1. The maximum Gasteiger partial charge on any atom is 0.459 e. The van der Waals surface area contributed by atoms with Crippen molar-refractivity contribution in [1.29, 1.82) is 0 Å². The Morgan fingerprint density at radius 3 is 2.60 bits per heavy atom. The van der Waals surface area contributed by atoms with Crippen LogP contribution >= 0.6 is 23.7 Å². The molecule has 12 nitrogen and oxygen atoms in total. The number of ether oxygens (including phenoxy) is 2. The van der Waals surface area contributed by atoms with Crippen molar-refractivity contribution >= 4 is 29.6 Å². The Morgan fingerprint density at radius 2 is 1.93 bits per heavy atom. The molecule has 0 radical (unpaired) electrons. The molecular formula is C26H37BrN3O9P. The van der Waals surface area contributed by atoms with Crippen molar-refractivity contribution in [1.82, 2.24) is 14.2 Å². The number of nitrogens with one attached hydrogen (secondary N) is 1. The van der Waals surface area contributed by atoms with Crippen LogP contribution in [0.3, 0.4) is 0 Å². The molecule has 14 heteroatoms. The summed E-state index contributed by atoms with van der Waals surface area (Å²) in [6, 6.07) is 7.24. The van der Waals surface area contributed by atoms with E-state index in [2.05, 4.69) is 25.8 Å². The number of carbonyl (C=O) groups is 1. The number of carbonyl (C=O) groups excluding carboxylic acids is 1. The van der Waals surface area contributed by atoms with Crippen molar-refractivity contribution in [2.75, 3.05) is 19.0 Å². The van der Waals surface area contributed by atoms with E-state index in [0.29, 0.717) is 12.0 Å². The number of benzene rings is 1. The first-order valence-corrected chi connectivity index (χ1v) is 15.8. The maximum atomic E-state index is 13.6. The SMILES string of the molecule is COC(=O)C(C)NP(=O)(OC[C@H]1O[C@@H](n2cc(C)c(=O)n(CCCCCCBr)c2=O)C[C@@H]1O)Oc1ccccc1. The van der Waals surface area contributed by atoms with Gasteiger partial charge in [0, 0.05) is 30.1 Å². The molecule has 0 saturated carbocycles. The summed E-state index contributed by atoms with van der Waals surface area (Å²) >= 11 is 3.40. The first-order valence-electron chi connectivity index (χ1n) is 13.2. The third-order valence-electron chi connectivity index (χ3n) is 6.43. The number of nitrogens with zero attached hydrogens (tertiary/aromatic N) is 2. The predicted octanol–water partition coefficient (Wildman–Crippen LogP) is 3.28. The topological polar surface area (TPSA) is 147 Å². The van der Waals surface area contributed by atoms with E-state index >= 15 is 0 Å². The number of unbranched alkanes of at least 4 members (excludes halogenated alkanes) is 3. The minimum Gasteiger partial charge on any atom is -0.468 e. The predicted molar refractivity (Wildman–Crippen MR) is 152 cm³/mol. The molecule has 3 rings (SSSR count). The highest BCUT2D eigenvalue weighted by atomic mass is 79.9. The zero-order chi connectivity index (χ0) is 29.3. The van der Waals surface area contributed by atoms with Crippen molar-refractivity contribution < 1.29 is 33.0 Å². The van der Waals surface area contributed by atoms with Gasteiger partial charge in [0.2, 0.25) is 0 Å². The van der Waals surface area contributed by atoms with E-state index in [4.69, 9.17) is 13.8 Å². The van der Waals surface area contributed by atoms with Gasteiger partial charge in [0.25, 0.3) is 5.56 Å². The standard InChI is InChI=1S/C26H37BrN3O9P/c1-18-16-30(26(34)29(24(18)32)14-10-5-4-9-13-27)23-15-21(31)22(38-23)17-37-40(35,28-19(2)25(33)36-3)39-20-11-7-6-8-12-20/h6-8,11-12,16,19,21-23,31H,4-5,9-10,13-15,17H2,1-3H3,(H,28,35)/t19?,21-,22+,23+,40?/m0/s1. The number of para-hydroxylation sites is 1. The smallest absolute Gasteiger partial charge is 0.459 e. The van der Waals surface area contributed by atoms with Crippen LogP contribution in [0.1, 0.15) is 50.8 Å². The summed E-state index contributed by atoms with van der Waals surface area (Å²) < 4.78 is 37.9. The molecule has 5 atom stereocenters. The Balaban J connectivity index is 1.73. The second-order valence-electron chi connectivity index (χ2n) is 9.57. The number of aromatic nitrogens is 2. The van der Waals surface area contributed by atoms with Gasteiger partial charge >= 0.3 is 19.4 Å². The largest absolute Gasteiger partial charge is 0.468 e. The molecule has 0 bridgehead atoms. The zero-order valence-electron chi connectivity index (χ0n) is 22.9. The van der Waals surface area contributed by atoms with Crippen LogP contribution in [0.5, 0.6) is 5.75 Å². The molecule has 40 heavy (non-hydrogen) atoms. The number of methoxy groups -OCH3 is 1. The molecule has 1 fully saturated rings. The van der Waals surface area contributed by atoms with Crippen LogP contribution in [0, 0.1) is 6.92 Å². The number of aliphatic hydroxyl groups excluding tert-OH is 1. The highest BCUT2D eigenvalue weighted by Crippen LogP contribution is 2.45. The molecule has 0 amide bonds. The van der Waals surface area contributed by atoms with Gasteiger partial charge in [-0.2, -0.15) is 5.09 Å². The third kappa shape index (κ3) is 8.61. The molecule has 2 unspecified atom stereocenters. The maximum absolute atomic E-state index is 13.6. The fourth-order valence-electron chi connectivity index (χ4n) is 4.26. The monoisotopic (exact) mass is 645 g/mol. The summed E-state index contributed by atoms with van der Waals surface area (Å²) in [7, 11) is -2.95. The van der Waals surface area contributed by atoms with Crippen molar-refractivity contribution in [2.45, 2.75) is 77.0 Å². The van der Waals surface area contributed by atoms with Crippen LogP contribution in [0.2, 0.25) is 0 Å². The Morgan fingerprint density at radius 1 is 1.23 bits per heavy atom. The fourth-order valence-corrected chi connectivity index (χ4v) is 6.16. The zero-order valence-corrected chi connectivity index (χ0v) is 25.3. The lowest BCUT2D eigenvalue weighted by atomic mass is 10.2. The van der Waals surface area contributed by atoms with Gasteiger partial charge in [-0.25, -0.2) is 9.36 Å². The summed E-state index contributed by atoms with van der Waals surface area (Å²) in [5.41, 5.74) is -0.508. The molecule has 0 aliphatic carbocycles. The second kappa shape index (κ2) is 15.1. The molecule has 2 N–H and O–H groups in total. The van der Waals surface area contributed by atoms with E-state index in [0.717, 1.165) is 24.6 Å². The van der Waals surface area contributed by atoms with Crippen LogP contribution < -0.4 is 20.9 Å². The van der Waals surface area contributed by atoms with Crippen molar-refractivity contribution in [3.8, 4) is 5.75 Å². The highest BCUT2D eigenvalue weighted by Gasteiger charge is 2.39. The molecule has 1 aromatic heterocycles. The van der Waals surface area contributed by atoms with Gasteiger partial charge in [0.15, 0.2) is 0 Å². The Bertz CT molecular complexity index is 1290.